The van der Waals surface area contributed by atoms with Gasteiger partial charge in [-0.05, 0) is 122 Å². The van der Waals surface area contributed by atoms with Crippen LogP contribution in [0.1, 0.15) is 53.5 Å². The quantitative estimate of drug-likeness (QED) is 0.142. The molecule has 0 fully saturated rings. The number of nitrogens with zero attached hydrogens (tertiary/aromatic N) is 1. The van der Waals surface area contributed by atoms with Crippen LogP contribution in [0, 0.1) is 0 Å². The predicted octanol–water partition coefficient (Wildman–Crippen LogP) is 14.0. The third-order valence-electron chi connectivity index (χ3n) is 12.2. The fourth-order valence-corrected chi connectivity index (χ4v) is 9.73. The van der Waals surface area contributed by atoms with Gasteiger partial charge in [0, 0.05) is 17.1 Å². The third kappa shape index (κ3) is 5.46. The largest absolute Gasteiger partial charge is 0.314 e. The first-order valence-electron chi connectivity index (χ1n) is 19.9. The van der Waals surface area contributed by atoms with Crippen LogP contribution in [0.2, 0.25) is 0 Å². The summed E-state index contributed by atoms with van der Waals surface area (Å²) in [5.74, 6) is 0. The van der Waals surface area contributed by atoms with Gasteiger partial charge in [-0.25, -0.2) is 0 Å². The molecule has 4 aliphatic rings. The summed E-state index contributed by atoms with van der Waals surface area (Å²) in [4.78, 5) is 2.53. The van der Waals surface area contributed by atoms with Crippen molar-refractivity contribution in [2.45, 2.75) is 31.1 Å². The number of allylic oxidation sites excluding steroid dienone is 12. The van der Waals surface area contributed by atoms with Gasteiger partial charge in [-0.2, -0.15) is 0 Å². The minimum absolute atomic E-state index is 0.369. The van der Waals surface area contributed by atoms with Crippen molar-refractivity contribution in [3.8, 4) is 22.3 Å². The van der Waals surface area contributed by atoms with E-state index in [1.165, 1.54) is 83.8 Å². The second-order valence-electron chi connectivity index (χ2n) is 15.1. The van der Waals surface area contributed by atoms with Crippen LogP contribution in [0.4, 0.5) is 5.69 Å². The number of fused-ring (bicyclic) bond motifs is 9. The second kappa shape index (κ2) is 14.2. The van der Waals surface area contributed by atoms with Crippen molar-refractivity contribution in [1.82, 2.24) is 0 Å². The zero-order valence-electron chi connectivity index (χ0n) is 31.5. The van der Waals surface area contributed by atoms with E-state index in [4.69, 9.17) is 0 Å². The molecule has 0 atom stereocenters. The van der Waals surface area contributed by atoms with E-state index in [0.29, 0.717) is 0 Å². The van der Waals surface area contributed by atoms with Gasteiger partial charge in [0.15, 0.2) is 0 Å². The molecule has 1 spiro atoms. The molecule has 0 saturated heterocycles. The summed E-state index contributed by atoms with van der Waals surface area (Å²) in [5, 5.41) is 0. The minimum atomic E-state index is -0.369. The van der Waals surface area contributed by atoms with Gasteiger partial charge in [0.05, 0.1) is 5.41 Å². The molecule has 0 saturated carbocycles. The molecule has 268 valence electrons. The van der Waals surface area contributed by atoms with E-state index in [1.807, 2.05) is 12.2 Å². The van der Waals surface area contributed by atoms with Crippen molar-refractivity contribution < 1.29 is 0 Å². The molecule has 0 radical (unpaired) electrons. The molecule has 1 nitrogen and oxygen atoms in total. The summed E-state index contributed by atoms with van der Waals surface area (Å²) in [6, 6.07) is 58.0. The van der Waals surface area contributed by atoms with E-state index in [9.17, 15) is 0 Å². The van der Waals surface area contributed by atoms with E-state index in [1.54, 1.807) is 0 Å². The van der Waals surface area contributed by atoms with Crippen LogP contribution in [0.3, 0.4) is 0 Å². The highest BCUT2D eigenvalue weighted by atomic mass is 15.2. The molecule has 56 heavy (non-hydrogen) atoms. The van der Waals surface area contributed by atoms with Crippen molar-refractivity contribution >= 4 is 16.8 Å². The fraction of sp³-hybridized carbons (Fsp3) is 0.0909. The van der Waals surface area contributed by atoms with Gasteiger partial charge in [0.25, 0.3) is 0 Å². The Kier molecular flexibility index (Phi) is 8.57. The standard InChI is InChI=1S/C55H43N/c1-2-3-6-27-54(56(44-33-28-41(29-34-44)39-17-7-4-8-18-39)45-35-30-42(31-36-45)40-19-9-5-10-20-40)43-32-37-49-48-23-13-16-26-52(48)55(53(49)38-43)50-24-14-11-21-46(50)47-22-12-15-25-51(47)55/h2-30,33-35,38H,1,31-32,36-37H2/b6-3-,54-27+. The Hall–Kier alpha value is -6.70. The lowest BCUT2D eigenvalue weighted by atomic mass is 9.68. The summed E-state index contributed by atoms with van der Waals surface area (Å²) in [7, 11) is 0. The SMILES string of the molecule is C=C/C=C\C=C(/C1=CC2=C(CC1)c1ccccc1C21c2ccccc2-c2ccccc21)N(C1=CC=C(c2ccccc2)CC1)c1ccc(-c2ccccc2)cc1. The van der Waals surface area contributed by atoms with Crippen LogP contribution in [-0.2, 0) is 5.41 Å². The fourth-order valence-electron chi connectivity index (χ4n) is 9.73. The van der Waals surface area contributed by atoms with Crippen molar-refractivity contribution in [2.24, 2.45) is 0 Å². The maximum atomic E-state index is 4.02. The van der Waals surface area contributed by atoms with Gasteiger partial charge in [0.1, 0.15) is 0 Å². The molecular formula is C55H43N. The first-order chi connectivity index (χ1) is 27.8. The zero-order chi connectivity index (χ0) is 37.5. The summed E-state index contributed by atoms with van der Waals surface area (Å²) < 4.78 is 0. The molecule has 0 N–H and O–H groups in total. The van der Waals surface area contributed by atoms with E-state index in [-0.39, 0.29) is 5.41 Å². The second-order valence-corrected chi connectivity index (χ2v) is 15.1. The number of rotatable bonds is 8. The number of hydrogen-bond acceptors (Lipinski definition) is 1. The average Bonchev–Trinajstić information content (AvgIpc) is 3.74. The molecule has 0 bridgehead atoms. The maximum absolute atomic E-state index is 4.02. The van der Waals surface area contributed by atoms with Crippen LogP contribution in [0.15, 0.2) is 229 Å². The van der Waals surface area contributed by atoms with E-state index >= 15 is 0 Å². The number of benzene rings is 6. The Morgan fingerprint density at radius 2 is 1.09 bits per heavy atom. The van der Waals surface area contributed by atoms with E-state index in [2.05, 4.69) is 200 Å². The first-order valence-corrected chi connectivity index (χ1v) is 19.9. The zero-order valence-corrected chi connectivity index (χ0v) is 31.5. The van der Waals surface area contributed by atoms with Gasteiger partial charge >= 0.3 is 0 Å². The minimum Gasteiger partial charge on any atom is -0.314 e. The molecule has 1 heteroatoms. The molecule has 0 aromatic heterocycles. The third-order valence-corrected chi connectivity index (χ3v) is 12.2. The summed E-state index contributed by atoms with van der Waals surface area (Å²) in [5.41, 5.74) is 20.9. The van der Waals surface area contributed by atoms with Crippen molar-refractivity contribution in [3.63, 3.8) is 0 Å². The molecular weight excluding hydrogens is 675 g/mol. The molecule has 4 aliphatic carbocycles. The topological polar surface area (TPSA) is 3.24 Å². The Labute approximate surface area is 331 Å². The summed E-state index contributed by atoms with van der Waals surface area (Å²) in [6.07, 6.45) is 19.5. The lowest BCUT2D eigenvalue weighted by Crippen LogP contribution is -2.28. The van der Waals surface area contributed by atoms with Crippen LogP contribution in [0.25, 0.3) is 33.4 Å². The van der Waals surface area contributed by atoms with E-state index < -0.39 is 0 Å². The lowest BCUT2D eigenvalue weighted by Gasteiger charge is -2.36. The van der Waals surface area contributed by atoms with Crippen LogP contribution < -0.4 is 4.90 Å². The van der Waals surface area contributed by atoms with Crippen LogP contribution in [0.5, 0.6) is 0 Å². The number of anilines is 1. The Morgan fingerprint density at radius 3 is 1.71 bits per heavy atom. The normalized spacial score (nSPS) is 16.4. The van der Waals surface area contributed by atoms with Gasteiger partial charge in [0.2, 0.25) is 0 Å². The Morgan fingerprint density at radius 1 is 0.518 bits per heavy atom. The van der Waals surface area contributed by atoms with Crippen LogP contribution >= 0.6 is 0 Å². The van der Waals surface area contributed by atoms with Gasteiger partial charge in [-0.3, -0.25) is 0 Å². The van der Waals surface area contributed by atoms with Crippen molar-refractivity contribution in [3.05, 3.63) is 257 Å². The maximum Gasteiger partial charge on any atom is 0.0722 e. The Balaban J connectivity index is 1.17. The highest BCUT2D eigenvalue weighted by molar-refractivity contribution is 5.96. The smallest absolute Gasteiger partial charge is 0.0722 e. The van der Waals surface area contributed by atoms with Crippen LogP contribution in [-0.4, -0.2) is 0 Å². The van der Waals surface area contributed by atoms with Gasteiger partial charge in [-0.1, -0.05) is 183 Å². The monoisotopic (exact) mass is 717 g/mol. The van der Waals surface area contributed by atoms with Crippen molar-refractivity contribution in [2.75, 3.05) is 4.90 Å². The van der Waals surface area contributed by atoms with Crippen molar-refractivity contribution in [1.29, 1.82) is 0 Å². The lowest BCUT2D eigenvalue weighted by molar-refractivity contribution is 0.775. The highest BCUT2D eigenvalue weighted by Crippen LogP contribution is 2.64. The van der Waals surface area contributed by atoms with E-state index in [0.717, 1.165) is 31.4 Å². The van der Waals surface area contributed by atoms with Gasteiger partial charge in [-0.15, -0.1) is 0 Å². The molecule has 0 heterocycles. The Bertz CT molecular complexity index is 2630. The molecule has 0 amide bonds. The van der Waals surface area contributed by atoms with Gasteiger partial charge < -0.3 is 4.90 Å². The molecule has 10 rings (SSSR count). The number of hydrogen-bond donors (Lipinski definition) is 0. The highest BCUT2D eigenvalue weighted by Gasteiger charge is 2.52. The molecule has 0 unspecified atom stereocenters. The molecule has 0 aliphatic heterocycles. The summed E-state index contributed by atoms with van der Waals surface area (Å²) in [6.45, 7) is 4.02. The predicted molar refractivity (Wildman–Crippen MR) is 236 cm³/mol. The summed E-state index contributed by atoms with van der Waals surface area (Å²) >= 11 is 0. The first kappa shape index (κ1) is 33.8. The molecule has 6 aromatic rings. The average molecular weight is 718 g/mol. The molecule has 6 aromatic carbocycles.